The first-order valence-electron chi connectivity index (χ1n) is 9.91. The van der Waals surface area contributed by atoms with Crippen LogP contribution in [-0.2, 0) is 0 Å². The molecular weight excluding hydrogens is 532 g/mol. The smallest absolute Gasteiger partial charge is 0.266 e. The first-order valence-corrected chi connectivity index (χ1v) is 11.5. The number of benzene rings is 4. The van der Waals surface area contributed by atoms with Gasteiger partial charge >= 0.3 is 0 Å². The molecule has 1 heterocycles. The molecule has 0 spiro atoms. The van der Waals surface area contributed by atoms with Gasteiger partial charge in [0.2, 0.25) is 0 Å². The molecule has 0 fully saturated rings. The van der Waals surface area contributed by atoms with Crippen LogP contribution >= 0.6 is 31.9 Å². The first kappa shape index (κ1) is 20.7. The van der Waals surface area contributed by atoms with Crippen molar-refractivity contribution in [3.8, 4) is 28.6 Å². The highest BCUT2D eigenvalue weighted by Gasteiger charge is 2.17. The molecule has 32 heavy (non-hydrogen) atoms. The van der Waals surface area contributed by atoms with Gasteiger partial charge in [-0.2, -0.15) is 0 Å². The van der Waals surface area contributed by atoms with E-state index in [1.54, 1.807) is 10.6 Å². The van der Waals surface area contributed by atoms with E-state index >= 15 is 0 Å². The largest absolute Gasteiger partial charge is 0.457 e. The molecule has 0 saturated carbocycles. The van der Waals surface area contributed by atoms with Crippen LogP contribution < -0.4 is 10.3 Å². The Morgan fingerprint density at radius 2 is 1.38 bits per heavy atom. The van der Waals surface area contributed by atoms with Crippen molar-refractivity contribution < 1.29 is 4.74 Å². The van der Waals surface area contributed by atoms with Crippen molar-refractivity contribution in [1.82, 2.24) is 9.55 Å². The summed E-state index contributed by atoms with van der Waals surface area (Å²) < 4.78 is 9.11. The molecule has 0 N–H and O–H groups in total. The van der Waals surface area contributed by atoms with Crippen LogP contribution in [0.5, 0.6) is 11.5 Å². The predicted octanol–water partition coefficient (Wildman–Crippen LogP) is 7.37. The third-order valence-electron chi connectivity index (χ3n) is 5.00. The number of aromatic nitrogens is 2. The van der Waals surface area contributed by atoms with Gasteiger partial charge in [-0.15, -0.1) is 0 Å². The minimum absolute atomic E-state index is 0.146. The zero-order valence-electron chi connectivity index (χ0n) is 16.7. The van der Waals surface area contributed by atoms with E-state index in [2.05, 4.69) is 31.9 Å². The highest BCUT2D eigenvalue weighted by molar-refractivity contribution is 9.11. The summed E-state index contributed by atoms with van der Waals surface area (Å²) in [6, 6.07) is 30.4. The van der Waals surface area contributed by atoms with Gasteiger partial charge in [-0.1, -0.05) is 64.5 Å². The summed E-state index contributed by atoms with van der Waals surface area (Å²) in [5.41, 5.74) is 2.04. The van der Waals surface area contributed by atoms with E-state index in [-0.39, 0.29) is 5.56 Å². The maximum absolute atomic E-state index is 13.7. The van der Waals surface area contributed by atoms with Gasteiger partial charge in [0.05, 0.1) is 16.6 Å². The highest BCUT2D eigenvalue weighted by Crippen LogP contribution is 2.30. The molecule has 5 aromatic rings. The van der Waals surface area contributed by atoms with Gasteiger partial charge in [0.1, 0.15) is 17.3 Å². The Kier molecular flexibility index (Phi) is 5.64. The molecule has 0 unspecified atom stereocenters. The first-order chi connectivity index (χ1) is 15.6. The van der Waals surface area contributed by atoms with Gasteiger partial charge in [-0.3, -0.25) is 9.36 Å². The van der Waals surface area contributed by atoms with Crippen molar-refractivity contribution in [3.63, 3.8) is 0 Å². The molecule has 0 aliphatic heterocycles. The molecule has 4 nitrogen and oxygen atoms in total. The Morgan fingerprint density at radius 1 is 0.750 bits per heavy atom. The topological polar surface area (TPSA) is 44.1 Å². The summed E-state index contributed by atoms with van der Waals surface area (Å²) in [5, 5.41) is 0.524. The number of fused-ring (bicyclic) bond motifs is 1. The van der Waals surface area contributed by atoms with Gasteiger partial charge in [0.25, 0.3) is 5.56 Å². The third kappa shape index (κ3) is 3.99. The molecule has 6 heteroatoms. The second-order valence-electron chi connectivity index (χ2n) is 7.13. The van der Waals surface area contributed by atoms with Crippen LogP contribution in [0.15, 0.2) is 111 Å². The number of ether oxygens (including phenoxy) is 1. The van der Waals surface area contributed by atoms with Crippen LogP contribution in [0, 0.1) is 0 Å². The Morgan fingerprint density at radius 3 is 2.06 bits per heavy atom. The summed E-state index contributed by atoms with van der Waals surface area (Å²) in [6.07, 6.45) is 0. The van der Waals surface area contributed by atoms with Crippen molar-refractivity contribution >= 4 is 42.8 Å². The number of hydrogen-bond donors (Lipinski definition) is 0. The Bertz CT molecular complexity index is 1470. The second kappa shape index (κ2) is 8.73. The fourth-order valence-electron chi connectivity index (χ4n) is 3.52. The zero-order valence-corrected chi connectivity index (χ0v) is 19.9. The molecule has 5 rings (SSSR count). The maximum atomic E-state index is 13.7. The van der Waals surface area contributed by atoms with Crippen molar-refractivity contribution in [2.45, 2.75) is 0 Å². The molecule has 4 aromatic carbocycles. The minimum Gasteiger partial charge on any atom is -0.457 e. The van der Waals surface area contributed by atoms with Crippen LogP contribution in [0.4, 0.5) is 0 Å². The average Bonchev–Trinajstić information content (AvgIpc) is 2.81. The molecule has 0 atom stereocenters. The number of halogens is 2. The predicted molar refractivity (Wildman–Crippen MR) is 135 cm³/mol. The van der Waals surface area contributed by atoms with Crippen molar-refractivity contribution in [2.24, 2.45) is 0 Å². The Balaban J connectivity index is 1.69. The molecule has 0 bridgehead atoms. The number of para-hydroxylation sites is 1. The zero-order chi connectivity index (χ0) is 22.1. The normalized spacial score (nSPS) is 10.9. The molecule has 1 aromatic heterocycles. The number of hydrogen-bond acceptors (Lipinski definition) is 3. The summed E-state index contributed by atoms with van der Waals surface area (Å²) >= 11 is 7.03. The van der Waals surface area contributed by atoms with E-state index in [1.165, 1.54) is 0 Å². The third-order valence-corrected chi connectivity index (χ3v) is 6.06. The second-order valence-corrected chi connectivity index (χ2v) is 8.90. The van der Waals surface area contributed by atoms with E-state index < -0.39 is 0 Å². The SMILES string of the molecule is O=c1c2cc(Br)cc(Br)c2nc(-c2ccccc2)n1-c1ccc(Oc2ccccc2)cc1. The maximum Gasteiger partial charge on any atom is 0.266 e. The van der Waals surface area contributed by atoms with Crippen LogP contribution in [0.1, 0.15) is 0 Å². The van der Waals surface area contributed by atoms with Crippen molar-refractivity contribution in [1.29, 1.82) is 0 Å². The van der Waals surface area contributed by atoms with E-state index in [0.29, 0.717) is 28.2 Å². The lowest BCUT2D eigenvalue weighted by atomic mass is 10.1. The van der Waals surface area contributed by atoms with Gasteiger partial charge in [0, 0.05) is 14.5 Å². The van der Waals surface area contributed by atoms with Crippen LogP contribution in [0.25, 0.3) is 28.0 Å². The monoisotopic (exact) mass is 546 g/mol. The summed E-state index contributed by atoms with van der Waals surface area (Å²) in [7, 11) is 0. The average molecular weight is 548 g/mol. The highest BCUT2D eigenvalue weighted by atomic mass is 79.9. The summed E-state index contributed by atoms with van der Waals surface area (Å²) in [5.74, 6) is 2.01. The molecule has 0 radical (unpaired) electrons. The lowest BCUT2D eigenvalue weighted by molar-refractivity contribution is 0.482. The lowest BCUT2D eigenvalue weighted by Gasteiger charge is -2.15. The Hall–Kier alpha value is -3.22. The molecule has 0 aliphatic rings. The summed E-state index contributed by atoms with van der Waals surface area (Å²) in [4.78, 5) is 18.5. The molecule has 0 amide bonds. The van der Waals surface area contributed by atoms with Crippen molar-refractivity contribution in [3.05, 3.63) is 116 Å². The van der Waals surface area contributed by atoms with Crippen LogP contribution in [0.2, 0.25) is 0 Å². The fourth-order valence-corrected chi connectivity index (χ4v) is 4.84. The quantitative estimate of drug-likeness (QED) is 0.236. The van der Waals surface area contributed by atoms with E-state index in [9.17, 15) is 4.79 Å². The molecule has 0 saturated heterocycles. The van der Waals surface area contributed by atoms with Gasteiger partial charge < -0.3 is 4.74 Å². The number of rotatable bonds is 4. The van der Waals surface area contributed by atoms with E-state index in [0.717, 1.165) is 20.3 Å². The van der Waals surface area contributed by atoms with Gasteiger partial charge in [-0.05, 0) is 64.5 Å². The fraction of sp³-hybridized carbons (Fsp3) is 0. The van der Waals surface area contributed by atoms with E-state index in [4.69, 9.17) is 9.72 Å². The number of nitrogens with zero attached hydrogens (tertiary/aromatic N) is 2. The lowest BCUT2D eigenvalue weighted by Crippen LogP contribution is -2.22. The molecule has 156 valence electrons. The molecular formula is C26H16Br2N2O2. The van der Waals surface area contributed by atoms with Crippen LogP contribution in [-0.4, -0.2) is 9.55 Å². The van der Waals surface area contributed by atoms with Gasteiger partial charge in [-0.25, -0.2) is 4.98 Å². The standard InChI is InChI=1S/C26H16Br2N2O2/c27-18-15-22-24(23(28)16-18)29-25(17-7-3-1-4-8-17)30(26(22)31)19-11-13-21(14-12-19)32-20-9-5-2-6-10-20/h1-16H. The van der Waals surface area contributed by atoms with Crippen molar-refractivity contribution in [2.75, 3.05) is 0 Å². The minimum atomic E-state index is -0.146. The Labute approximate surface area is 201 Å². The van der Waals surface area contributed by atoms with E-state index in [1.807, 2.05) is 91.0 Å². The summed E-state index contributed by atoms with van der Waals surface area (Å²) in [6.45, 7) is 0. The molecule has 0 aliphatic carbocycles. The van der Waals surface area contributed by atoms with Gasteiger partial charge in [0.15, 0.2) is 0 Å². The van der Waals surface area contributed by atoms with Crippen LogP contribution in [0.3, 0.4) is 0 Å².